The van der Waals surface area contributed by atoms with Crippen molar-refractivity contribution in [3.8, 4) is 51.4 Å². The number of fused-ring (bicyclic) bond motifs is 6. The van der Waals surface area contributed by atoms with Gasteiger partial charge in [-0.15, -0.1) is 0 Å². The summed E-state index contributed by atoms with van der Waals surface area (Å²) in [6.07, 6.45) is 6.63. The van der Waals surface area contributed by atoms with Crippen molar-refractivity contribution in [3.05, 3.63) is 52.6 Å². The molecule has 4 aliphatic rings. The van der Waals surface area contributed by atoms with Crippen molar-refractivity contribution in [1.29, 1.82) is 0 Å². The van der Waals surface area contributed by atoms with Crippen LogP contribution in [0.4, 0.5) is 0 Å². The van der Waals surface area contributed by atoms with Crippen LogP contribution in [0.1, 0.15) is 99.0 Å². The molecule has 2 aliphatic heterocycles. The highest BCUT2D eigenvalue weighted by molar-refractivity contribution is 8.76. The second kappa shape index (κ2) is 14.3. The van der Waals surface area contributed by atoms with E-state index < -0.39 is 12.2 Å². The molecule has 0 radical (unpaired) electrons. The molecule has 3 aromatic rings. The Kier molecular flexibility index (Phi) is 10.0. The molecular formula is C39H48O8S2. The van der Waals surface area contributed by atoms with Gasteiger partial charge in [-0.2, -0.15) is 0 Å². The van der Waals surface area contributed by atoms with Gasteiger partial charge in [0.25, 0.3) is 0 Å². The fourth-order valence-electron chi connectivity index (χ4n) is 8.42. The monoisotopic (exact) mass is 708 g/mol. The fourth-order valence-corrected chi connectivity index (χ4v) is 11.6. The van der Waals surface area contributed by atoms with E-state index in [4.69, 9.17) is 18.9 Å². The van der Waals surface area contributed by atoms with Crippen LogP contribution in [-0.4, -0.2) is 58.4 Å². The normalized spacial score (nSPS) is 26.0. The molecule has 0 unspecified atom stereocenters. The third-order valence-electron chi connectivity index (χ3n) is 11.0. The van der Waals surface area contributed by atoms with Crippen LogP contribution in [-0.2, 0) is 6.42 Å². The van der Waals surface area contributed by atoms with E-state index in [1.807, 2.05) is 39.8 Å². The van der Waals surface area contributed by atoms with Crippen molar-refractivity contribution >= 4 is 21.6 Å². The van der Waals surface area contributed by atoms with Crippen LogP contribution >= 0.6 is 21.6 Å². The number of methoxy groups -OCH3 is 2. The Balaban J connectivity index is 1.37. The molecule has 2 aliphatic carbocycles. The van der Waals surface area contributed by atoms with Crippen molar-refractivity contribution < 1.29 is 39.4 Å². The molecule has 7 rings (SSSR count). The topological polar surface area (TPSA) is 118 Å². The second-order valence-corrected chi connectivity index (χ2v) is 17.2. The average Bonchev–Trinajstić information content (AvgIpc) is 3.09. The van der Waals surface area contributed by atoms with Crippen LogP contribution in [0.2, 0.25) is 0 Å². The molecule has 3 aromatic carbocycles. The average molecular weight is 709 g/mol. The Morgan fingerprint density at radius 2 is 1.78 bits per heavy atom. The van der Waals surface area contributed by atoms with E-state index >= 15 is 0 Å². The minimum atomic E-state index is -1.02. The number of hydrogen-bond donors (Lipinski definition) is 4. The highest BCUT2D eigenvalue weighted by Crippen LogP contribution is 2.58. The largest absolute Gasteiger partial charge is 0.508 e. The number of benzene rings is 3. The second-order valence-electron chi connectivity index (χ2n) is 14.5. The van der Waals surface area contributed by atoms with E-state index in [9.17, 15) is 20.4 Å². The summed E-state index contributed by atoms with van der Waals surface area (Å²) in [6.45, 7) is 4.57. The van der Waals surface area contributed by atoms with Gasteiger partial charge in [-0.1, -0.05) is 54.3 Å². The Bertz CT molecular complexity index is 1690. The maximum Gasteiger partial charge on any atom is 0.207 e. The van der Waals surface area contributed by atoms with Gasteiger partial charge in [-0.3, -0.25) is 0 Å². The van der Waals surface area contributed by atoms with Crippen molar-refractivity contribution in [3.63, 3.8) is 0 Å². The van der Waals surface area contributed by atoms with Crippen LogP contribution in [0, 0.1) is 11.8 Å². The number of aromatic hydroxyl groups is 3. The third-order valence-corrected chi connectivity index (χ3v) is 13.9. The van der Waals surface area contributed by atoms with E-state index in [1.165, 1.54) is 32.8 Å². The SMILES string of the molecule is COc1cc2c3c4c1-c1ccc(O)cc1[C@@H](CC[C@H]1CCC[C@@H](C1)SSC[C@@H]3[C@@H](O)[C@@H](c1cc(OCCC(C)C)c(O)c(OC)c1O)O2)C4. The van der Waals surface area contributed by atoms with Gasteiger partial charge in [-0.05, 0) is 91.2 Å². The first-order valence-electron chi connectivity index (χ1n) is 17.6. The zero-order chi connectivity index (χ0) is 34.4. The molecule has 0 spiro atoms. The molecule has 0 aromatic heterocycles. The Hall–Kier alpha value is -3.08. The first-order valence-corrected chi connectivity index (χ1v) is 20.0. The van der Waals surface area contributed by atoms with Gasteiger partial charge in [0.05, 0.1) is 20.8 Å². The van der Waals surface area contributed by atoms with Gasteiger partial charge in [-0.25, -0.2) is 0 Å². The summed E-state index contributed by atoms with van der Waals surface area (Å²) < 4.78 is 24.2. The Morgan fingerprint density at radius 3 is 2.55 bits per heavy atom. The summed E-state index contributed by atoms with van der Waals surface area (Å²) in [7, 11) is 6.81. The highest BCUT2D eigenvalue weighted by atomic mass is 33.1. The Morgan fingerprint density at radius 1 is 0.939 bits per heavy atom. The van der Waals surface area contributed by atoms with Crippen LogP contribution in [0.15, 0.2) is 30.3 Å². The molecule has 8 nitrogen and oxygen atoms in total. The van der Waals surface area contributed by atoms with E-state index in [1.54, 1.807) is 19.2 Å². The Labute approximate surface area is 296 Å². The minimum absolute atomic E-state index is 0.115. The lowest BCUT2D eigenvalue weighted by atomic mass is 9.71. The molecule has 4 bridgehead atoms. The van der Waals surface area contributed by atoms with Crippen molar-refractivity contribution in [2.24, 2.45) is 11.8 Å². The highest BCUT2D eigenvalue weighted by Gasteiger charge is 2.45. The first kappa shape index (κ1) is 34.4. The molecule has 1 saturated carbocycles. The van der Waals surface area contributed by atoms with Gasteiger partial charge < -0.3 is 39.4 Å². The summed E-state index contributed by atoms with van der Waals surface area (Å²) in [5.41, 5.74) is 5.60. The summed E-state index contributed by atoms with van der Waals surface area (Å²) >= 11 is 0. The predicted octanol–water partition coefficient (Wildman–Crippen LogP) is 8.86. The quantitative estimate of drug-likeness (QED) is 0.177. The first-order chi connectivity index (χ1) is 23.7. The van der Waals surface area contributed by atoms with E-state index in [0.29, 0.717) is 46.5 Å². The number of rotatable bonds is 7. The lowest BCUT2D eigenvalue weighted by Crippen LogP contribution is -2.37. The molecule has 10 heteroatoms. The lowest BCUT2D eigenvalue weighted by Gasteiger charge is -2.41. The number of ether oxygens (including phenoxy) is 4. The summed E-state index contributed by atoms with van der Waals surface area (Å²) in [6, 6.07) is 9.16. The van der Waals surface area contributed by atoms with Crippen molar-refractivity contribution in [2.75, 3.05) is 26.6 Å². The summed E-state index contributed by atoms with van der Waals surface area (Å²) in [5, 5.41) is 46.0. The molecule has 264 valence electrons. The maximum atomic E-state index is 12.4. The standard InChI is InChI=1S/C39H48O8S2/c1-20(2)12-13-46-32-17-28(35(41)39(45-4)37(32)43)38-36(42)29-19-48-49-24-7-5-6-21(14-24)8-9-22-15-27-33(25-11-10-23(40)16-26(22)25)30(44-3)18-31(47-38)34(27)29/h10-11,16-18,20-22,24,29,36,38,40-43H,5-9,12-15,19H2,1-4H3/t21-,22+,24+,29+,36-,38-/m1/s1. The molecule has 1 fully saturated rings. The number of aliphatic hydroxyl groups is 1. The number of hydrogen-bond acceptors (Lipinski definition) is 10. The lowest BCUT2D eigenvalue weighted by molar-refractivity contribution is 0.00296. The molecule has 49 heavy (non-hydrogen) atoms. The van der Waals surface area contributed by atoms with Gasteiger partial charge in [0.1, 0.15) is 23.4 Å². The van der Waals surface area contributed by atoms with Gasteiger partial charge in [0, 0.05) is 39.7 Å². The van der Waals surface area contributed by atoms with Gasteiger partial charge in [0.2, 0.25) is 11.5 Å². The molecule has 0 amide bonds. The summed E-state index contributed by atoms with van der Waals surface area (Å²) in [5.74, 6) is 2.65. The van der Waals surface area contributed by atoms with Crippen LogP contribution in [0.25, 0.3) is 11.1 Å². The van der Waals surface area contributed by atoms with E-state index in [-0.39, 0.29) is 40.6 Å². The number of phenols is 3. The van der Waals surface area contributed by atoms with Crippen molar-refractivity contribution in [1.82, 2.24) is 0 Å². The van der Waals surface area contributed by atoms with Crippen LogP contribution in [0.3, 0.4) is 0 Å². The predicted molar refractivity (Wildman–Crippen MR) is 195 cm³/mol. The molecule has 4 N–H and O–H groups in total. The molecule has 2 heterocycles. The number of phenolic OH excluding ortho intramolecular Hbond substituents is 3. The summed E-state index contributed by atoms with van der Waals surface area (Å²) in [4.78, 5) is 0. The molecule has 6 atom stereocenters. The van der Waals surface area contributed by atoms with Gasteiger partial charge >= 0.3 is 0 Å². The van der Waals surface area contributed by atoms with Gasteiger partial charge in [0.15, 0.2) is 17.6 Å². The zero-order valence-electron chi connectivity index (χ0n) is 28.7. The van der Waals surface area contributed by atoms with Crippen LogP contribution in [0.5, 0.6) is 40.2 Å². The van der Waals surface area contributed by atoms with Crippen molar-refractivity contribution in [2.45, 2.75) is 94.5 Å². The van der Waals surface area contributed by atoms with E-state index in [0.717, 1.165) is 53.5 Å². The molecular weight excluding hydrogens is 661 g/mol. The van der Waals surface area contributed by atoms with Crippen LogP contribution < -0.4 is 18.9 Å². The smallest absolute Gasteiger partial charge is 0.207 e. The number of aliphatic hydroxyl groups excluding tert-OH is 1. The van der Waals surface area contributed by atoms with E-state index in [2.05, 4.69) is 13.8 Å². The fraction of sp³-hybridized carbons (Fsp3) is 0.538. The third kappa shape index (κ3) is 6.49. The minimum Gasteiger partial charge on any atom is -0.508 e. The molecule has 0 saturated heterocycles. The maximum absolute atomic E-state index is 12.4. The zero-order valence-corrected chi connectivity index (χ0v) is 30.4.